The van der Waals surface area contributed by atoms with Crippen molar-refractivity contribution in [3.63, 3.8) is 0 Å². The van der Waals surface area contributed by atoms with Crippen LogP contribution in [0.15, 0.2) is 24.3 Å². The Morgan fingerprint density at radius 2 is 1.67 bits per heavy atom. The molecule has 1 atom stereocenters. The second kappa shape index (κ2) is 5.31. The third kappa shape index (κ3) is 4.02. The monoisotopic (exact) mass is 259 g/mol. The van der Waals surface area contributed by atoms with Crippen LogP contribution in [-0.2, 0) is 6.18 Å². The quantitative estimate of drug-likeness (QED) is 0.848. The van der Waals surface area contributed by atoms with Crippen LogP contribution in [0.3, 0.4) is 0 Å². The molecule has 4 heteroatoms. The Balaban J connectivity index is 3.14. The summed E-state index contributed by atoms with van der Waals surface area (Å²) in [5.41, 5.74) is -0.261. The molecule has 1 unspecified atom stereocenters. The molecule has 1 nitrogen and oxygen atoms in total. The molecule has 0 aromatic heterocycles. The minimum atomic E-state index is -4.30. The van der Waals surface area contributed by atoms with Crippen LogP contribution in [0.4, 0.5) is 13.2 Å². The van der Waals surface area contributed by atoms with E-state index in [9.17, 15) is 13.2 Å². The average molecular weight is 259 g/mol. The Morgan fingerprint density at radius 3 is 2.11 bits per heavy atom. The number of hydrogen-bond acceptors (Lipinski definition) is 1. The van der Waals surface area contributed by atoms with Gasteiger partial charge in [0, 0.05) is 6.04 Å². The summed E-state index contributed by atoms with van der Waals surface area (Å²) in [6, 6.07) is 5.48. The largest absolute Gasteiger partial charge is 0.416 e. The highest BCUT2D eigenvalue weighted by atomic mass is 19.4. The average Bonchev–Trinajstić information content (AvgIpc) is 2.23. The third-order valence-electron chi connectivity index (χ3n) is 2.81. The zero-order valence-electron chi connectivity index (χ0n) is 11.2. The molecule has 0 radical (unpaired) electrons. The molecule has 0 saturated heterocycles. The van der Waals surface area contributed by atoms with E-state index in [2.05, 4.69) is 5.32 Å². The predicted molar refractivity (Wildman–Crippen MR) is 67.3 cm³/mol. The van der Waals surface area contributed by atoms with Crippen LogP contribution in [0.2, 0.25) is 0 Å². The van der Waals surface area contributed by atoms with E-state index in [0.717, 1.165) is 6.07 Å². The molecule has 102 valence electrons. The molecule has 1 aromatic rings. The van der Waals surface area contributed by atoms with Gasteiger partial charge in [0.05, 0.1) is 5.56 Å². The van der Waals surface area contributed by atoms with Crippen molar-refractivity contribution >= 4 is 0 Å². The van der Waals surface area contributed by atoms with Gasteiger partial charge in [-0.05, 0) is 30.5 Å². The molecule has 18 heavy (non-hydrogen) atoms. The molecule has 0 aliphatic carbocycles. The van der Waals surface area contributed by atoms with Gasteiger partial charge in [-0.25, -0.2) is 0 Å². The fourth-order valence-electron chi connectivity index (χ4n) is 2.04. The Hall–Kier alpha value is -1.03. The Kier molecular flexibility index (Phi) is 4.43. The summed E-state index contributed by atoms with van der Waals surface area (Å²) < 4.78 is 38.9. The molecule has 0 amide bonds. The number of alkyl halides is 3. The Bertz CT molecular complexity index is 391. The van der Waals surface area contributed by atoms with E-state index in [4.69, 9.17) is 0 Å². The molecule has 0 fully saturated rings. The minimum Gasteiger partial charge on any atom is -0.313 e. The smallest absolute Gasteiger partial charge is 0.313 e. The first-order chi connectivity index (χ1) is 8.15. The van der Waals surface area contributed by atoms with Gasteiger partial charge in [0.2, 0.25) is 0 Å². The van der Waals surface area contributed by atoms with E-state index in [1.165, 1.54) is 6.07 Å². The van der Waals surface area contributed by atoms with Crippen LogP contribution >= 0.6 is 0 Å². The van der Waals surface area contributed by atoms with Gasteiger partial charge in [0.25, 0.3) is 0 Å². The first kappa shape index (κ1) is 15.0. The number of hydrogen-bond donors (Lipinski definition) is 1. The van der Waals surface area contributed by atoms with Crippen LogP contribution in [0.25, 0.3) is 0 Å². The van der Waals surface area contributed by atoms with E-state index in [1.54, 1.807) is 19.2 Å². The van der Waals surface area contributed by atoms with E-state index in [1.807, 2.05) is 20.8 Å². The maximum absolute atomic E-state index is 13.0. The summed E-state index contributed by atoms with van der Waals surface area (Å²) in [6.45, 7) is 6.06. The number of nitrogens with one attached hydrogen (secondary N) is 1. The lowest BCUT2D eigenvalue weighted by molar-refractivity contribution is -0.138. The molecule has 0 spiro atoms. The highest BCUT2D eigenvalue weighted by molar-refractivity contribution is 5.32. The lowest BCUT2D eigenvalue weighted by Gasteiger charge is -2.28. The van der Waals surface area contributed by atoms with Crippen LogP contribution in [0, 0.1) is 5.41 Å². The molecular weight excluding hydrogens is 239 g/mol. The summed E-state index contributed by atoms with van der Waals surface area (Å²) in [4.78, 5) is 0. The minimum absolute atomic E-state index is 0.0353. The SMILES string of the molecule is CNC(CC(C)(C)C)c1ccccc1C(F)(F)F. The molecule has 1 N–H and O–H groups in total. The summed E-state index contributed by atoms with van der Waals surface area (Å²) in [7, 11) is 1.70. The number of benzene rings is 1. The van der Waals surface area contributed by atoms with E-state index >= 15 is 0 Å². The van der Waals surface area contributed by atoms with Crippen LogP contribution in [0.1, 0.15) is 44.4 Å². The first-order valence-electron chi connectivity index (χ1n) is 5.98. The number of halogens is 3. The van der Waals surface area contributed by atoms with Gasteiger partial charge < -0.3 is 5.32 Å². The van der Waals surface area contributed by atoms with Crippen LogP contribution in [-0.4, -0.2) is 7.05 Å². The van der Waals surface area contributed by atoms with Crippen molar-refractivity contribution in [2.24, 2.45) is 5.41 Å². The lowest BCUT2D eigenvalue weighted by Crippen LogP contribution is -2.25. The zero-order valence-corrected chi connectivity index (χ0v) is 11.2. The molecule has 0 heterocycles. The molecule has 1 aromatic carbocycles. The van der Waals surface area contributed by atoms with Crippen molar-refractivity contribution in [3.05, 3.63) is 35.4 Å². The normalized spacial score (nSPS) is 14.6. The zero-order chi connectivity index (χ0) is 14.0. The van der Waals surface area contributed by atoms with Gasteiger partial charge in [-0.2, -0.15) is 13.2 Å². The molecule has 0 aliphatic rings. The van der Waals surface area contributed by atoms with Crippen molar-refractivity contribution in [1.29, 1.82) is 0 Å². The van der Waals surface area contributed by atoms with Gasteiger partial charge in [0.15, 0.2) is 0 Å². The second-order valence-electron chi connectivity index (χ2n) is 5.69. The van der Waals surface area contributed by atoms with E-state index in [-0.39, 0.29) is 11.5 Å². The maximum atomic E-state index is 13.0. The summed E-state index contributed by atoms with van der Waals surface area (Å²) in [5.74, 6) is 0. The lowest BCUT2D eigenvalue weighted by atomic mass is 9.84. The van der Waals surface area contributed by atoms with Crippen molar-refractivity contribution in [2.45, 2.75) is 39.4 Å². The molecule has 1 rings (SSSR count). The highest BCUT2D eigenvalue weighted by Gasteiger charge is 2.35. The Morgan fingerprint density at radius 1 is 1.11 bits per heavy atom. The van der Waals surface area contributed by atoms with Gasteiger partial charge in [0.1, 0.15) is 0 Å². The third-order valence-corrected chi connectivity index (χ3v) is 2.81. The molecule has 0 aliphatic heterocycles. The fraction of sp³-hybridized carbons (Fsp3) is 0.571. The van der Waals surface area contributed by atoms with Gasteiger partial charge in [-0.3, -0.25) is 0 Å². The fourth-order valence-corrected chi connectivity index (χ4v) is 2.04. The van der Waals surface area contributed by atoms with Crippen LogP contribution < -0.4 is 5.32 Å². The first-order valence-corrected chi connectivity index (χ1v) is 5.98. The highest BCUT2D eigenvalue weighted by Crippen LogP contribution is 2.37. The van der Waals surface area contributed by atoms with E-state index < -0.39 is 11.7 Å². The summed E-state index contributed by atoms with van der Waals surface area (Å²) >= 11 is 0. The standard InChI is InChI=1S/C14H20F3N/c1-13(2,3)9-12(18-4)10-7-5-6-8-11(10)14(15,16)17/h5-8,12,18H,9H2,1-4H3. The Labute approximate surface area is 106 Å². The molecular formula is C14H20F3N. The second-order valence-corrected chi connectivity index (χ2v) is 5.69. The van der Waals surface area contributed by atoms with Crippen molar-refractivity contribution in [3.8, 4) is 0 Å². The topological polar surface area (TPSA) is 12.0 Å². The number of rotatable bonds is 3. The van der Waals surface area contributed by atoms with Crippen molar-refractivity contribution in [2.75, 3.05) is 7.05 Å². The van der Waals surface area contributed by atoms with Gasteiger partial charge in [-0.15, -0.1) is 0 Å². The predicted octanol–water partition coefficient (Wildman–Crippen LogP) is 4.40. The van der Waals surface area contributed by atoms with Gasteiger partial charge in [-0.1, -0.05) is 39.0 Å². The molecule has 0 saturated carbocycles. The maximum Gasteiger partial charge on any atom is 0.416 e. The van der Waals surface area contributed by atoms with Gasteiger partial charge >= 0.3 is 6.18 Å². The van der Waals surface area contributed by atoms with Crippen molar-refractivity contribution in [1.82, 2.24) is 5.32 Å². The van der Waals surface area contributed by atoms with Crippen LogP contribution in [0.5, 0.6) is 0 Å². The van der Waals surface area contributed by atoms with E-state index in [0.29, 0.717) is 12.0 Å². The summed E-state index contributed by atoms with van der Waals surface area (Å²) in [5, 5.41) is 2.99. The molecule has 0 bridgehead atoms. The van der Waals surface area contributed by atoms with Crippen molar-refractivity contribution < 1.29 is 13.2 Å². The summed E-state index contributed by atoms with van der Waals surface area (Å²) in [6.07, 6.45) is -3.65.